The van der Waals surface area contributed by atoms with Gasteiger partial charge in [-0.2, -0.15) is 18.4 Å². The summed E-state index contributed by atoms with van der Waals surface area (Å²) in [6.07, 6.45) is -2.89. The summed E-state index contributed by atoms with van der Waals surface area (Å²) in [5, 5.41) is 9.56. The Morgan fingerprint density at radius 3 is 2.28 bits per heavy atom. The summed E-state index contributed by atoms with van der Waals surface area (Å²) >= 11 is 0. The highest BCUT2D eigenvalue weighted by molar-refractivity contribution is 7.93. The van der Waals surface area contributed by atoms with Crippen LogP contribution in [0.25, 0.3) is 11.8 Å². The second kappa shape index (κ2) is 10.7. The average molecular weight is 565 g/mol. The van der Waals surface area contributed by atoms with Crippen molar-refractivity contribution in [2.75, 3.05) is 10.1 Å². The Morgan fingerprint density at radius 2 is 1.74 bits per heavy atom. The third kappa shape index (κ3) is 5.83. The molecule has 39 heavy (non-hydrogen) atoms. The number of benzene rings is 2. The molecule has 204 valence electrons. The number of nitriles is 1. The highest BCUT2D eigenvalue weighted by Gasteiger charge is 2.36. The van der Waals surface area contributed by atoms with Crippen LogP contribution in [-0.2, 0) is 28.0 Å². The van der Waals surface area contributed by atoms with Crippen LogP contribution in [0, 0.1) is 24.1 Å². The van der Waals surface area contributed by atoms with Crippen LogP contribution in [0.15, 0.2) is 58.1 Å². The minimum absolute atomic E-state index is 0.0403. The van der Waals surface area contributed by atoms with Gasteiger partial charge in [0.25, 0.3) is 11.5 Å². The highest BCUT2D eigenvalue weighted by Crippen LogP contribution is 2.30. The first-order valence-electron chi connectivity index (χ1n) is 11.1. The van der Waals surface area contributed by atoms with Gasteiger partial charge in [-0.25, -0.2) is 26.5 Å². The van der Waals surface area contributed by atoms with E-state index < -0.39 is 67.6 Å². The number of alkyl halides is 3. The van der Waals surface area contributed by atoms with E-state index in [1.165, 1.54) is 13.0 Å². The van der Waals surface area contributed by atoms with Gasteiger partial charge < -0.3 is 0 Å². The van der Waals surface area contributed by atoms with E-state index in [0.717, 1.165) is 11.6 Å². The van der Waals surface area contributed by atoms with E-state index >= 15 is 4.39 Å². The molecule has 0 bridgehead atoms. The van der Waals surface area contributed by atoms with Crippen molar-refractivity contribution < 1.29 is 30.8 Å². The molecule has 0 saturated heterocycles. The molecule has 0 fully saturated rings. The molecular formula is C25H20F4N4O5S. The molecule has 3 aromatic rings. The van der Waals surface area contributed by atoms with Crippen molar-refractivity contribution in [3.63, 3.8) is 0 Å². The van der Waals surface area contributed by atoms with Crippen LogP contribution in [0.3, 0.4) is 0 Å². The Bertz CT molecular complexity index is 1750. The number of rotatable bonds is 6. The van der Waals surface area contributed by atoms with Crippen LogP contribution < -0.4 is 15.6 Å². The Labute approximate surface area is 219 Å². The maximum absolute atomic E-state index is 15.0. The molecule has 0 atom stereocenters. The van der Waals surface area contributed by atoms with Crippen molar-refractivity contribution in [3.05, 3.63) is 97.6 Å². The third-order valence-electron chi connectivity index (χ3n) is 5.59. The van der Waals surface area contributed by atoms with Crippen molar-refractivity contribution in [3.8, 4) is 11.8 Å². The van der Waals surface area contributed by atoms with E-state index in [0.29, 0.717) is 24.7 Å². The summed E-state index contributed by atoms with van der Waals surface area (Å²) in [6.45, 7) is 3.03. The molecule has 0 radical (unpaired) electrons. The van der Waals surface area contributed by atoms with Gasteiger partial charge in [0.15, 0.2) is 0 Å². The quantitative estimate of drug-likeness (QED) is 0.335. The number of aromatic nitrogens is 2. The van der Waals surface area contributed by atoms with Crippen LogP contribution in [0.2, 0.25) is 0 Å². The smallest absolute Gasteiger partial charge is 0.292 e. The second-order valence-electron chi connectivity index (χ2n) is 8.22. The zero-order chi connectivity index (χ0) is 29.3. The lowest BCUT2D eigenvalue weighted by molar-refractivity contribution is -0.144. The minimum Gasteiger partial charge on any atom is -0.292 e. The van der Waals surface area contributed by atoms with E-state index in [1.54, 1.807) is 30.3 Å². The van der Waals surface area contributed by atoms with Crippen LogP contribution in [-0.4, -0.2) is 29.2 Å². The van der Waals surface area contributed by atoms with Gasteiger partial charge in [-0.1, -0.05) is 29.8 Å². The molecule has 9 nitrogen and oxygen atoms in total. The molecule has 1 amide bonds. The number of halogens is 4. The van der Waals surface area contributed by atoms with Crippen molar-refractivity contribution >= 4 is 27.7 Å². The summed E-state index contributed by atoms with van der Waals surface area (Å²) in [5.74, 6) is -3.21. The first-order valence-corrected chi connectivity index (χ1v) is 12.7. The lowest BCUT2D eigenvalue weighted by Gasteiger charge is -2.23. The van der Waals surface area contributed by atoms with Crippen LogP contribution in [0.5, 0.6) is 0 Å². The minimum atomic E-state index is -5.08. The number of amides is 1. The van der Waals surface area contributed by atoms with Crippen molar-refractivity contribution in [1.82, 2.24) is 9.13 Å². The largest absolute Gasteiger partial charge is 0.431 e. The Balaban J connectivity index is 2.29. The standard InChI is InChI=1S/C25H20F4N4O5S/c1-4-39(37,38)33(22(34)10-9-16-7-5-15(2)6-8-16)19-12-20(18(26)11-17(19)14-30)32-23(35)13-21(25(27,28)29)31(3)24(32)36/h5-13H,4H2,1-3H3/b10-9+. The number of aryl methyl sites for hydroxylation is 1. The third-order valence-corrected chi connectivity index (χ3v) is 7.26. The highest BCUT2D eigenvalue weighted by atomic mass is 32.2. The first-order chi connectivity index (χ1) is 18.1. The fraction of sp³-hybridized carbons (Fsp3) is 0.200. The number of carbonyl (C=O) groups is 1. The molecule has 0 spiro atoms. The van der Waals surface area contributed by atoms with Crippen LogP contribution in [0.4, 0.5) is 23.2 Å². The molecule has 0 unspecified atom stereocenters. The zero-order valence-corrected chi connectivity index (χ0v) is 21.5. The van der Waals surface area contributed by atoms with Crippen molar-refractivity contribution in [2.45, 2.75) is 20.0 Å². The van der Waals surface area contributed by atoms with Crippen molar-refractivity contribution in [2.24, 2.45) is 7.05 Å². The van der Waals surface area contributed by atoms with Crippen molar-refractivity contribution in [1.29, 1.82) is 5.26 Å². The SMILES string of the molecule is CCS(=O)(=O)N(C(=O)/C=C/c1ccc(C)cc1)c1cc(-n2c(=O)cc(C(F)(F)F)n(C)c2=O)c(F)cc1C#N. The topological polar surface area (TPSA) is 122 Å². The summed E-state index contributed by atoms with van der Waals surface area (Å²) in [5.41, 5.74) is -5.64. The Morgan fingerprint density at radius 1 is 1.13 bits per heavy atom. The number of hydrogen-bond donors (Lipinski definition) is 0. The number of sulfonamides is 1. The van der Waals surface area contributed by atoms with Gasteiger partial charge in [-0.15, -0.1) is 0 Å². The fourth-order valence-electron chi connectivity index (χ4n) is 3.55. The molecule has 3 rings (SSSR count). The molecule has 14 heteroatoms. The molecule has 2 aromatic carbocycles. The van der Waals surface area contributed by atoms with Gasteiger partial charge in [-0.3, -0.25) is 14.2 Å². The summed E-state index contributed by atoms with van der Waals surface area (Å²) in [6, 6.07) is 9.47. The van der Waals surface area contributed by atoms with Gasteiger partial charge in [0.05, 0.1) is 22.7 Å². The normalized spacial score (nSPS) is 11.9. The first kappa shape index (κ1) is 29.1. The lowest BCUT2D eigenvalue weighted by Crippen LogP contribution is -2.41. The number of nitrogens with zero attached hydrogens (tertiary/aromatic N) is 4. The summed E-state index contributed by atoms with van der Waals surface area (Å²) in [7, 11) is -3.78. The second-order valence-corrected chi connectivity index (χ2v) is 10.3. The van der Waals surface area contributed by atoms with E-state index in [2.05, 4.69) is 0 Å². The molecular weight excluding hydrogens is 544 g/mol. The Hall–Kier alpha value is -4.51. The fourth-order valence-corrected chi connectivity index (χ4v) is 4.59. The maximum Gasteiger partial charge on any atom is 0.431 e. The van der Waals surface area contributed by atoms with Gasteiger partial charge in [0.1, 0.15) is 17.6 Å². The predicted molar refractivity (Wildman–Crippen MR) is 134 cm³/mol. The maximum atomic E-state index is 15.0. The number of anilines is 1. The van der Waals surface area contributed by atoms with Crippen LogP contribution in [0.1, 0.15) is 29.3 Å². The van der Waals surface area contributed by atoms with E-state index in [9.17, 15) is 41.2 Å². The van der Waals surface area contributed by atoms with Gasteiger partial charge in [0, 0.05) is 19.2 Å². The molecule has 0 saturated carbocycles. The zero-order valence-electron chi connectivity index (χ0n) is 20.7. The average Bonchev–Trinajstić information content (AvgIpc) is 2.86. The molecule has 0 aliphatic carbocycles. The number of hydrogen-bond acceptors (Lipinski definition) is 6. The van der Waals surface area contributed by atoms with E-state index in [-0.39, 0.29) is 19.5 Å². The van der Waals surface area contributed by atoms with Crippen LogP contribution >= 0.6 is 0 Å². The van der Waals surface area contributed by atoms with E-state index in [4.69, 9.17) is 0 Å². The summed E-state index contributed by atoms with van der Waals surface area (Å²) < 4.78 is 80.9. The molecule has 1 heterocycles. The van der Waals surface area contributed by atoms with E-state index in [1.807, 2.05) is 6.92 Å². The molecule has 0 N–H and O–H groups in total. The molecule has 1 aromatic heterocycles. The van der Waals surface area contributed by atoms with Gasteiger partial charge in [0.2, 0.25) is 10.0 Å². The monoisotopic (exact) mass is 564 g/mol. The molecule has 0 aliphatic heterocycles. The van der Waals surface area contributed by atoms with Gasteiger partial charge in [-0.05, 0) is 37.6 Å². The lowest BCUT2D eigenvalue weighted by atomic mass is 10.1. The summed E-state index contributed by atoms with van der Waals surface area (Å²) in [4.78, 5) is 38.4. The van der Waals surface area contributed by atoms with Gasteiger partial charge >= 0.3 is 11.9 Å². The number of carbonyl (C=O) groups excluding carboxylic acids is 1. The predicted octanol–water partition coefficient (Wildman–Crippen LogP) is 3.27. The molecule has 0 aliphatic rings. The Kier molecular flexibility index (Phi) is 7.97.